The molecule has 3 N–H and O–H groups in total. The molecule has 0 atom stereocenters. The molecule has 1 heterocycles. The number of amides is 2. The fourth-order valence-corrected chi connectivity index (χ4v) is 3.80. The molecule has 1 fully saturated rings. The molecule has 22 heavy (non-hydrogen) atoms. The van der Waals surface area contributed by atoms with Crippen LogP contribution in [0.15, 0.2) is 24.3 Å². The predicted octanol–water partition coefficient (Wildman–Crippen LogP) is 3.02. The monoisotopic (exact) mass is 307 g/mol. The summed E-state index contributed by atoms with van der Waals surface area (Å²) in [6.07, 6.45) is 1.51. The highest BCUT2D eigenvalue weighted by molar-refractivity contribution is 5.76. The number of piperidine rings is 1. The highest BCUT2D eigenvalue weighted by Crippen LogP contribution is 2.37. The van der Waals surface area contributed by atoms with Crippen molar-refractivity contribution in [3.8, 4) is 0 Å². The SMILES string of the molecule is CC1(C)CC(N)CC(C)(C)N1C(=O)NCc1ccccc1F. The minimum atomic E-state index is -0.333. The summed E-state index contributed by atoms with van der Waals surface area (Å²) in [5, 5.41) is 2.84. The highest BCUT2D eigenvalue weighted by atomic mass is 19.1. The van der Waals surface area contributed by atoms with Gasteiger partial charge in [-0.2, -0.15) is 0 Å². The van der Waals surface area contributed by atoms with Crippen LogP contribution >= 0.6 is 0 Å². The van der Waals surface area contributed by atoms with E-state index in [0.717, 1.165) is 12.8 Å². The summed E-state index contributed by atoms with van der Waals surface area (Å²) in [6.45, 7) is 8.28. The van der Waals surface area contributed by atoms with Crippen molar-refractivity contribution in [2.24, 2.45) is 5.73 Å². The van der Waals surface area contributed by atoms with Crippen LogP contribution in [0.2, 0.25) is 0 Å². The Bertz CT molecular complexity index is 539. The number of rotatable bonds is 2. The van der Waals surface area contributed by atoms with Crippen LogP contribution in [0.3, 0.4) is 0 Å². The van der Waals surface area contributed by atoms with Crippen LogP contribution in [-0.4, -0.2) is 28.1 Å². The van der Waals surface area contributed by atoms with Gasteiger partial charge < -0.3 is 16.0 Å². The van der Waals surface area contributed by atoms with E-state index >= 15 is 0 Å². The van der Waals surface area contributed by atoms with Crippen molar-refractivity contribution in [2.45, 2.75) is 64.2 Å². The van der Waals surface area contributed by atoms with Gasteiger partial charge >= 0.3 is 6.03 Å². The highest BCUT2D eigenvalue weighted by Gasteiger charge is 2.46. The largest absolute Gasteiger partial charge is 0.334 e. The van der Waals surface area contributed by atoms with Gasteiger partial charge in [-0.15, -0.1) is 0 Å². The lowest BCUT2D eigenvalue weighted by atomic mass is 9.77. The fraction of sp³-hybridized carbons (Fsp3) is 0.588. The zero-order valence-electron chi connectivity index (χ0n) is 13.8. The third kappa shape index (κ3) is 3.40. The molecule has 1 aliphatic heterocycles. The van der Waals surface area contributed by atoms with E-state index in [1.165, 1.54) is 6.07 Å². The summed E-state index contributed by atoms with van der Waals surface area (Å²) in [4.78, 5) is 14.5. The smallest absolute Gasteiger partial charge is 0.318 e. The van der Waals surface area contributed by atoms with Gasteiger partial charge in [0, 0.05) is 29.2 Å². The van der Waals surface area contributed by atoms with Crippen molar-refractivity contribution < 1.29 is 9.18 Å². The Morgan fingerprint density at radius 2 is 1.82 bits per heavy atom. The van der Waals surface area contributed by atoms with Crippen LogP contribution < -0.4 is 11.1 Å². The molecule has 1 aliphatic rings. The number of nitrogens with zero attached hydrogens (tertiary/aromatic N) is 1. The van der Waals surface area contributed by atoms with Gasteiger partial charge in [0.1, 0.15) is 5.82 Å². The molecular formula is C17H26FN3O. The third-order valence-corrected chi connectivity index (χ3v) is 4.33. The van der Waals surface area contributed by atoms with Crippen LogP contribution in [0.25, 0.3) is 0 Å². The molecule has 2 rings (SSSR count). The summed E-state index contributed by atoms with van der Waals surface area (Å²) in [5.74, 6) is -0.304. The Morgan fingerprint density at radius 3 is 2.36 bits per heavy atom. The standard InChI is InChI=1S/C17H26FN3O/c1-16(2)9-13(19)10-17(3,4)21(16)15(22)20-11-12-7-5-6-8-14(12)18/h5-8,13H,9-11,19H2,1-4H3,(H,20,22). The van der Waals surface area contributed by atoms with E-state index in [4.69, 9.17) is 5.73 Å². The molecule has 1 aromatic carbocycles. The first kappa shape index (κ1) is 16.7. The second kappa shape index (κ2) is 5.88. The Labute approximate surface area is 131 Å². The summed E-state index contributed by atoms with van der Waals surface area (Å²) >= 11 is 0. The number of halogens is 1. The van der Waals surface area contributed by atoms with Gasteiger partial charge in [0.25, 0.3) is 0 Å². The number of urea groups is 1. The molecular weight excluding hydrogens is 281 g/mol. The van der Waals surface area contributed by atoms with Crippen LogP contribution in [0.4, 0.5) is 9.18 Å². The molecule has 1 saturated heterocycles. The summed E-state index contributed by atoms with van der Waals surface area (Å²) in [5.41, 5.74) is 5.95. The maximum atomic E-state index is 13.7. The molecule has 0 unspecified atom stereocenters. The number of hydrogen-bond donors (Lipinski definition) is 2. The topological polar surface area (TPSA) is 58.4 Å². The lowest BCUT2D eigenvalue weighted by molar-refractivity contribution is 0.00297. The molecule has 0 aromatic heterocycles. The number of carbonyl (C=O) groups excluding carboxylic acids is 1. The number of likely N-dealkylation sites (tertiary alicyclic amines) is 1. The average molecular weight is 307 g/mol. The average Bonchev–Trinajstić information content (AvgIpc) is 2.34. The normalized spacial score (nSPS) is 20.7. The van der Waals surface area contributed by atoms with Gasteiger partial charge in [0.05, 0.1) is 0 Å². The Hall–Kier alpha value is -1.62. The second-order valence-corrected chi connectivity index (χ2v) is 7.38. The van der Waals surface area contributed by atoms with E-state index in [0.29, 0.717) is 5.56 Å². The van der Waals surface area contributed by atoms with Crippen molar-refractivity contribution >= 4 is 6.03 Å². The molecule has 0 spiro atoms. The van der Waals surface area contributed by atoms with Crippen LogP contribution in [0.5, 0.6) is 0 Å². The number of nitrogens with two attached hydrogens (primary N) is 1. The first-order chi connectivity index (χ1) is 10.1. The van der Waals surface area contributed by atoms with Crippen molar-refractivity contribution in [1.29, 1.82) is 0 Å². The maximum Gasteiger partial charge on any atom is 0.318 e. The van der Waals surface area contributed by atoms with Crippen molar-refractivity contribution in [3.05, 3.63) is 35.6 Å². The number of benzene rings is 1. The minimum absolute atomic E-state index is 0.0839. The first-order valence-corrected chi connectivity index (χ1v) is 7.71. The number of carbonyl (C=O) groups is 1. The lowest BCUT2D eigenvalue weighted by Gasteiger charge is -2.54. The molecule has 0 aliphatic carbocycles. The van der Waals surface area contributed by atoms with Gasteiger partial charge in [-0.1, -0.05) is 18.2 Å². The van der Waals surface area contributed by atoms with Crippen LogP contribution in [-0.2, 0) is 6.54 Å². The minimum Gasteiger partial charge on any atom is -0.334 e. The van der Waals surface area contributed by atoms with Gasteiger partial charge in [-0.3, -0.25) is 0 Å². The van der Waals surface area contributed by atoms with E-state index < -0.39 is 0 Å². The zero-order chi connectivity index (χ0) is 16.5. The van der Waals surface area contributed by atoms with E-state index in [2.05, 4.69) is 5.32 Å². The van der Waals surface area contributed by atoms with E-state index in [1.807, 2.05) is 32.6 Å². The quantitative estimate of drug-likeness (QED) is 0.882. The van der Waals surface area contributed by atoms with Crippen molar-refractivity contribution in [2.75, 3.05) is 0 Å². The fourth-order valence-electron chi connectivity index (χ4n) is 3.80. The van der Waals surface area contributed by atoms with E-state index in [-0.39, 0.29) is 35.5 Å². The Morgan fingerprint density at radius 1 is 1.27 bits per heavy atom. The molecule has 4 nitrogen and oxygen atoms in total. The van der Waals surface area contributed by atoms with Crippen molar-refractivity contribution in [1.82, 2.24) is 10.2 Å². The van der Waals surface area contributed by atoms with Gasteiger partial charge in [-0.05, 0) is 46.6 Å². The molecule has 0 bridgehead atoms. The first-order valence-electron chi connectivity index (χ1n) is 7.71. The Balaban J connectivity index is 2.12. The van der Waals surface area contributed by atoms with E-state index in [9.17, 15) is 9.18 Å². The van der Waals surface area contributed by atoms with Crippen LogP contribution in [0.1, 0.15) is 46.1 Å². The summed E-state index contributed by atoms with van der Waals surface area (Å²) in [7, 11) is 0. The molecule has 122 valence electrons. The van der Waals surface area contributed by atoms with Gasteiger partial charge in [-0.25, -0.2) is 9.18 Å². The number of nitrogens with one attached hydrogen (secondary N) is 1. The van der Waals surface area contributed by atoms with Crippen molar-refractivity contribution in [3.63, 3.8) is 0 Å². The molecule has 1 aromatic rings. The molecule has 5 heteroatoms. The molecule has 0 saturated carbocycles. The maximum absolute atomic E-state index is 13.7. The van der Waals surface area contributed by atoms with Gasteiger partial charge in [0.2, 0.25) is 0 Å². The van der Waals surface area contributed by atoms with Crippen LogP contribution in [0, 0.1) is 5.82 Å². The number of hydrogen-bond acceptors (Lipinski definition) is 2. The summed E-state index contributed by atoms with van der Waals surface area (Å²) in [6, 6.07) is 6.38. The Kier molecular flexibility index (Phi) is 4.47. The molecule has 0 radical (unpaired) electrons. The third-order valence-electron chi connectivity index (χ3n) is 4.33. The van der Waals surface area contributed by atoms with E-state index in [1.54, 1.807) is 18.2 Å². The molecule has 2 amide bonds. The predicted molar refractivity (Wildman–Crippen MR) is 85.8 cm³/mol. The summed E-state index contributed by atoms with van der Waals surface area (Å²) < 4.78 is 13.7. The second-order valence-electron chi connectivity index (χ2n) is 7.38. The zero-order valence-corrected chi connectivity index (χ0v) is 13.8. The lowest BCUT2D eigenvalue weighted by Crippen LogP contribution is -2.66. The van der Waals surface area contributed by atoms with Gasteiger partial charge in [0.15, 0.2) is 0 Å².